The zero-order valence-electron chi connectivity index (χ0n) is 50.0. The maximum absolute atomic E-state index is 12.5. The number of amides is 3. The minimum absolute atomic E-state index is 0.245. The van der Waals surface area contributed by atoms with E-state index in [4.69, 9.17) is 39.5 Å². The van der Waals surface area contributed by atoms with Gasteiger partial charge in [0, 0.05) is 15.0 Å². The molecule has 1 aliphatic heterocycles. The molecule has 1 aliphatic rings. The predicted octanol–water partition coefficient (Wildman–Crippen LogP) is 15.4. The molecule has 0 atom stereocenters. The Hall–Kier alpha value is -3.93. The summed E-state index contributed by atoms with van der Waals surface area (Å²) in [5.74, 6) is -0.524. The maximum atomic E-state index is 12.5. The van der Waals surface area contributed by atoms with E-state index in [0.717, 1.165) is 3.93 Å². The highest BCUT2D eigenvalue weighted by Crippen LogP contribution is 2.38. The molecule has 0 saturated carbocycles. The van der Waals surface area contributed by atoms with Crippen LogP contribution in [0.2, 0.25) is 0 Å². The van der Waals surface area contributed by atoms with Crippen LogP contribution in [0.15, 0.2) is 101 Å². The molecule has 1 saturated heterocycles. The van der Waals surface area contributed by atoms with Gasteiger partial charge in [-0.1, -0.05) is 58.2 Å². The first-order valence-corrected chi connectivity index (χ1v) is 20.9. The van der Waals surface area contributed by atoms with Gasteiger partial charge in [0.05, 0.1) is 94.7 Å². The van der Waals surface area contributed by atoms with Crippen molar-refractivity contribution in [2.75, 3.05) is 7.11 Å². The molecule has 1 fully saturated rings. The number of halogens is 22. The van der Waals surface area contributed by atoms with E-state index in [9.17, 15) is 93.4 Å². The number of nitrogens with zero attached hydrogens (tertiary/aromatic N) is 2. The average molecular weight is 1400 g/mol. The first-order valence-electron chi connectivity index (χ1n) is 24.2. The summed E-state index contributed by atoms with van der Waals surface area (Å²) < 4.78 is 373. The summed E-state index contributed by atoms with van der Waals surface area (Å²) in [6, 6.07) is -20.3. The number of hydrogen-bond donors (Lipinski definition) is 2. The Morgan fingerprint density at radius 1 is 0.592 bits per heavy atom. The van der Waals surface area contributed by atoms with Crippen LogP contribution in [0.4, 0.5) is 83.8 Å². The van der Waals surface area contributed by atoms with Gasteiger partial charge in [0.2, 0.25) is 0 Å². The van der Waals surface area contributed by atoms with E-state index in [2.05, 4.69) is 53.0 Å². The molecule has 0 bridgehead atoms. The van der Waals surface area contributed by atoms with Gasteiger partial charge in [0.1, 0.15) is 5.54 Å². The largest absolute Gasteiger partial charge is 0.469 e. The second kappa shape index (κ2) is 27.9. The van der Waals surface area contributed by atoms with E-state index in [1.807, 2.05) is 0 Å². The number of urea groups is 1. The highest BCUT2D eigenvalue weighted by Gasteiger charge is 2.50. The van der Waals surface area contributed by atoms with Gasteiger partial charge in [-0.15, -0.1) is 0 Å². The number of esters is 1. The molecule has 0 radical (unpaired) electrons. The fourth-order valence-corrected chi connectivity index (χ4v) is 4.85. The van der Waals surface area contributed by atoms with Crippen LogP contribution in [0.3, 0.4) is 0 Å². The smallest absolute Gasteiger partial charge is 0.416 e. The molecule has 10 nitrogen and oxygen atoms in total. The first-order chi connectivity index (χ1) is 38.3. The van der Waals surface area contributed by atoms with Crippen molar-refractivity contribution in [3.8, 4) is 0 Å². The van der Waals surface area contributed by atoms with Crippen LogP contribution in [0.1, 0.15) is 76.1 Å². The van der Waals surface area contributed by atoms with Crippen LogP contribution in [-0.4, -0.2) is 55.9 Å². The maximum Gasteiger partial charge on any atom is 0.416 e. The van der Waals surface area contributed by atoms with E-state index in [1.165, 1.54) is 40.6 Å². The van der Waals surface area contributed by atoms with Gasteiger partial charge in [-0.2, -0.15) is 91.4 Å². The SMILES string of the molecule is CC1(C)C(=O)N(Br)C(=O)N1Br.COC(C)=O.O=S(=O)(O)O.[2H]c1c(Br)c([2H])c(C(F)(F)F)c([2H])c1C(F)(F)F.[2H]c1c([2H])c(C(F)(F)F)c([2H])c(C(F)(F)F)c1[2H].[2H]c1c([2H])c(I)c([2H])c(C(F)(F)F)c1[2H].[2H]c1c([2H])c([2H])c(C(F)(F)F)c([2H])c1[2H]. The zero-order chi connectivity index (χ0) is 70.5. The van der Waals surface area contributed by atoms with Crippen LogP contribution >= 0.6 is 70.8 Å². The van der Waals surface area contributed by atoms with Crippen molar-refractivity contribution in [2.45, 2.75) is 63.4 Å². The Labute approximate surface area is 451 Å². The van der Waals surface area contributed by atoms with Crippen molar-refractivity contribution < 1.29 is 138 Å². The van der Waals surface area contributed by atoms with Gasteiger partial charge in [-0.05, 0) is 90.8 Å². The Morgan fingerprint density at radius 2 is 0.873 bits per heavy atom. The first kappa shape index (κ1) is 44.5. The second-order valence-corrected chi connectivity index (χ2v) is 15.9. The molecular weight excluding hydrogens is 1350 g/mol. The number of alkyl halides is 18. The molecule has 0 spiro atoms. The van der Waals surface area contributed by atoms with Crippen LogP contribution in [0.5, 0.6) is 0 Å². The molecule has 400 valence electrons. The van der Waals surface area contributed by atoms with Crippen molar-refractivity contribution in [2.24, 2.45) is 0 Å². The monoisotopic (exact) mass is 1400 g/mol. The number of carbonyl (C=O) groups excluding carboxylic acids is 3. The second-order valence-electron chi connectivity index (χ2n) is 11.7. The zero-order valence-corrected chi connectivity index (χ0v) is 41.7. The van der Waals surface area contributed by atoms with Gasteiger partial charge in [-0.3, -0.25) is 18.7 Å². The Morgan fingerprint density at radius 3 is 1.13 bits per heavy atom. The molecule has 0 aromatic heterocycles. The normalized spacial score (nSPS) is 16.8. The highest BCUT2D eigenvalue weighted by atomic mass is 127. The van der Waals surface area contributed by atoms with Crippen LogP contribution in [-0.2, 0) is 61.8 Å². The minimum Gasteiger partial charge on any atom is -0.469 e. The highest BCUT2D eigenvalue weighted by molar-refractivity contribution is 14.1. The van der Waals surface area contributed by atoms with Gasteiger partial charge in [-0.25, -0.2) is 8.72 Å². The molecule has 0 aliphatic carbocycles. The molecule has 4 aromatic rings. The summed E-state index contributed by atoms with van der Waals surface area (Å²) in [5.41, 5.74) is -12.2. The number of methoxy groups -OCH3 is 1. The molecular formula is C38H30Br3F18IN2O8S. The third-order valence-electron chi connectivity index (χ3n) is 5.96. The number of hydrogen-bond acceptors (Lipinski definition) is 6. The lowest BCUT2D eigenvalue weighted by atomic mass is 10.1. The average Bonchev–Trinajstić information content (AvgIpc) is 1.77. The molecule has 0 unspecified atom stereocenters. The van der Waals surface area contributed by atoms with Crippen LogP contribution < -0.4 is 0 Å². The van der Waals surface area contributed by atoms with E-state index in [-0.39, 0.29) is 15.4 Å². The van der Waals surface area contributed by atoms with Gasteiger partial charge in [0.15, 0.2) is 0 Å². The summed E-state index contributed by atoms with van der Waals surface area (Å²) in [5, 5.41) is 0. The summed E-state index contributed by atoms with van der Waals surface area (Å²) in [7, 11) is -3.32. The molecule has 33 heteroatoms. The summed E-state index contributed by atoms with van der Waals surface area (Å²) in [4.78, 5) is 31.9. The van der Waals surface area contributed by atoms with Gasteiger partial charge in [0.25, 0.3) is 5.91 Å². The molecule has 71 heavy (non-hydrogen) atoms. The molecule has 1 heterocycles. The van der Waals surface area contributed by atoms with Crippen molar-refractivity contribution in [3.05, 3.63) is 138 Å². The number of carbonyl (C=O) groups is 3. The number of rotatable bonds is 0. The third kappa shape index (κ3) is 28.2. The van der Waals surface area contributed by atoms with E-state index in [0.29, 0.717) is 0 Å². The molecule has 4 aromatic carbocycles. The predicted molar refractivity (Wildman–Crippen MR) is 234 cm³/mol. The van der Waals surface area contributed by atoms with Gasteiger partial charge >= 0.3 is 59.5 Å². The van der Waals surface area contributed by atoms with Gasteiger partial charge < -0.3 is 4.74 Å². The lowest BCUT2D eigenvalue weighted by Gasteiger charge is -2.19. The number of benzene rings is 4. The molecule has 5 rings (SSSR count). The fourth-order valence-electron chi connectivity index (χ4n) is 2.93. The van der Waals surface area contributed by atoms with E-state index < -0.39 is 194 Å². The topological polar surface area (TPSA) is 142 Å². The minimum atomic E-state index is -5.36. The fraction of sp³-hybridized carbons (Fsp3) is 0.289. The Kier molecular flexibility index (Phi) is 17.5. The number of ether oxygens (including phenoxy) is 1. The van der Waals surface area contributed by atoms with Crippen LogP contribution in [0.25, 0.3) is 0 Å². The summed E-state index contributed by atoms with van der Waals surface area (Å²) in [6.07, 6.45) is -31.1. The lowest BCUT2D eigenvalue weighted by molar-refractivity contribution is -0.144. The van der Waals surface area contributed by atoms with E-state index in [1.54, 1.807) is 13.8 Å². The van der Waals surface area contributed by atoms with Crippen LogP contribution in [0, 0.1) is 3.57 Å². The standard InChI is InChI=1S/C8H3BrF6.C8H4F6.C7H4F3I.C7H5F3.C5H6Br2N2O2.C3H6O2.H2O4S/c9-6-2-4(7(10,11)12)1-5(3-6)8(13,14)15;9-7(10,11)5-2-1-3-6(4-5)8(12,13)14;8-7(9,10)5-2-1-3-6(11)4-5;8-7(9,10)6-4-2-1-3-5-6;1-5(2)3(10)8(6)4(11)9(5)7;1-3(4)5-2;1-5(2,3)4/h1-3H;1-4H;1-4H;1-5H;1-2H3;1-2H3;(H2,1,2,3,4)/i1D,2D,3D;2*1D,2D,3D,4D;1D,2D,3D,4D,5D;;;. The van der Waals surface area contributed by atoms with Crippen molar-refractivity contribution >= 4 is 99.1 Å². The Bertz CT molecular complexity index is 3050. The third-order valence-corrected chi connectivity index (χ3v) is 8.71. The summed E-state index contributed by atoms with van der Waals surface area (Å²) in [6.45, 7) is 4.67. The molecule has 2 N–H and O–H groups in total. The van der Waals surface area contributed by atoms with Crippen molar-refractivity contribution in [1.29, 1.82) is 0 Å². The Balaban J connectivity index is 0. The lowest BCUT2D eigenvalue weighted by Crippen LogP contribution is -2.37. The van der Waals surface area contributed by atoms with Crippen molar-refractivity contribution in [1.82, 2.24) is 7.85 Å². The quantitative estimate of drug-likeness (QED) is 0.0443. The summed E-state index contributed by atoms with van der Waals surface area (Å²) >= 11 is 9.58. The van der Waals surface area contributed by atoms with E-state index >= 15 is 0 Å². The molecule has 3 amide bonds. The number of imide groups is 1. The van der Waals surface area contributed by atoms with Crippen molar-refractivity contribution in [3.63, 3.8) is 0 Å².